The minimum Gasteiger partial charge on any atom is -0.484 e. The predicted molar refractivity (Wildman–Crippen MR) is 114 cm³/mol. The van der Waals surface area contributed by atoms with Gasteiger partial charge in [-0.05, 0) is 54.2 Å². The number of rotatable bonds is 7. The van der Waals surface area contributed by atoms with Gasteiger partial charge in [-0.15, -0.1) is 0 Å². The van der Waals surface area contributed by atoms with Gasteiger partial charge in [0.15, 0.2) is 16.9 Å². The number of hydrazone groups is 1. The van der Waals surface area contributed by atoms with E-state index in [1.54, 1.807) is 18.2 Å². The number of amides is 1. The Morgan fingerprint density at radius 1 is 1.24 bits per heavy atom. The third-order valence-corrected chi connectivity index (χ3v) is 5.01. The Balaban J connectivity index is 1.28. The molecule has 0 fully saturated rings. The number of hydrogen-bond acceptors (Lipinski definition) is 6. The number of carbonyl (C=O) groups is 1. The Morgan fingerprint density at radius 3 is 3.00 bits per heavy atom. The fraction of sp³-hybridized carbons (Fsp3) is 0.0500. The Hall–Kier alpha value is -3.04. The molecule has 4 aromatic rings. The highest BCUT2D eigenvalue weighted by molar-refractivity contribution is 9.10. The van der Waals surface area contributed by atoms with E-state index in [0.717, 1.165) is 20.7 Å². The first-order chi connectivity index (χ1) is 14.2. The summed E-state index contributed by atoms with van der Waals surface area (Å²) in [5.74, 6) is 0.735. The van der Waals surface area contributed by atoms with E-state index in [-0.39, 0.29) is 12.5 Å². The second kappa shape index (κ2) is 8.97. The van der Waals surface area contributed by atoms with Crippen LogP contribution in [0.25, 0.3) is 11.0 Å². The van der Waals surface area contributed by atoms with Gasteiger partial charge in [-0.2, -0.15) is 5.10 Å². The lowest BCUT2D eigenvalue weighted by Gasteiger charge is -2.04. The van der Waals surface area contributed by atoms with Crippen LogP contribution < -0.4 is 10.2 Å². The molecule has 0 bridgehead atoms. The summed E-state index contributed by atoms with van der Waals surface area (Å²) in [5.41, 5.74) is 4.27. The molecule has 0 unspecified atom stereocenters. The van der Waals surface area contributed by atoms with Gasteiger partial charge in [0.25, 0.3) is 5.91 Å². The van der Waals surface area contributed by atoms with Crippen molar-refractivity contribution < 1.29 is 13.9 Å². The van der Waals surface area contributed by atoms with Crippen molar-refractivity contribution in [3.05, 3.63) is 70.9 Å². The molecule has 1 amide bonds. The van der Waals surface area contributed by atoms with Crippen molar-refractivity contribution in [2.75, 3.05) is 6.61 Å². The minimum atomic E-state index is -0.371. The summed E-state index contributed by atoms with van der Waals surface area (Å²) >= 11 is 4.72. The number of benzene rings is 2. The maximum Gasteiger partial charge on any atom is 0.277 e. The number of nitrogens with zero attached hydrogens (tertiary/aromatic N) is 2. The molecule has 7 nitrogen and oxygen atoms in total. The zero-order valence-electron chi connectivity index (χ0n) is 15.0. The molecule has 29 heavy (non-hydrogen) atoms. The molecule has 0 aliphatic heterocycles. The van der Waals surface area contributed by atoms with Gasteiger partial charge in [-0.1, -0.05) is 34.1 Å². The number of para-hydroxylation sites is 2. The summed E-state index contributed by atoms with van der Waals surface area (Å²) in [7, 11) is 0. The maximum absolute atomic E-state index is 11.8. The number of fused-ring (bicyclic) bond motifs is 1. The number of furan rings is 1. The van der Waals surface area contributed by atoms with Crippen LogP contribution in [0.1, 0.15) is 5.76 Å². The highest BCUT2D eigenvalue weighted by Crippen LogP contribution is 2.28. The first kappa shape index (κ1) is 19.3. The van der Waals surface area contributed by atoms with Gasteiger partial charge in [0.2, 0.25) is 0 Å². The molecule has 0 aliphatic carbocycles. The van der Waals surface area contributed by atoms with Crippen LogP contribution in [0, 0.1) is 0 Å². The lowest BCUT2D eigenvalue weighted by molar-refractivity contribution is -0.123. The number of halogens is 1. The van der Waals surface area contributed by atoms with E-state index >= 15 is 0 Å². The summed E-state index contributed by atoms with van der Waals surface area (Å²) in [4.78, 5) is 19.5. The number of hydrogen-bond donors (Lipinski definition) is 2. The molecule has 0 saturated heterocycles. The monoisotopic (exact) mass is 470 g/mol. The smallest absolute Gasteiger partial charge is 0.277 e. The molecule has 9 heteroatoms. The van der Waals surface area contributed by atoms with E-state index in [2.05, 4.69) is 36.4 Å². The molecule has 0 aliphatic rings. The standard InChI is InChI=1S/C20H15BrN4O3S/c21-13-4-3-5-14(10-13)27-12-18(26)25-22-11-15-8-9-19(28-15)29-20-23-16-6-1-2-7-17(16)24-20/h1-11H,12H2,(H,23,24)(H,25,26)/b22-11-. The maximum atomic E-state index is 11.8. The average molecular weight is 471 g/mol. The van der Waals surface area contributed by atoms with Crippen LogP contribution in [0.5, 0.6) is 5.75 Å². The normalized spacial score (nSPS) is 11.2. The molecular weight excluding hydrogens is 456 g/mol. The van der Waals surface area contributed by atoms with E-state index in [0.29, 0.717) is 16.6 Å². The Labute approximate surface area is 178 Å². The number of nitrogens with one attached hydrogen (secondary N) is 2. The molecule has 0 spiro atoms. The van der Waals surface area contributed by atoms with E-state index in [9.17, 15) is 4.79 Å². The van der Waals surface area contributed by atoms with Crippen molar-refractivity contribution in [1.82, 2.24) is 15.4 Å². The third-order valence-electron chi connectivity index (χ3n) is 3.71. The average Bonchev–Trinajstić information content (AvgIpc) is 3.33. The molecule has 2 aromatic carbocycles. The number of imidazole rings is 1. The van der Waals surface area contributed by atoms with Crippen LogP contribution in [0.15, 0.2) is 84.9 Å². The Bertz CT molecular complexity index is 1140. The Kier molecular flexibility index (Phi) is 5.97. The number of H-pyrrole nitrogens is 1. The van der Waals surface area contributed by atoms with Crippen LogP contribution in [0.3, 0.4) is 0 Å². The second-order valence-electron chi connectivity index (χ2n) is 5.86. The van der Waals surface area contributed by atoms with Crippen LogP contribution in [-0.4, -0.2) is 28.7 Å². The van der Waals surface area contributed by atoms with Gasteiger partial charge < -0.3 is 14.1 Å². The van der Waals surface area contributed by atoms with Crippen molar-refractivity contribution in [2.24, 2.45) is 5.10 Å². The first-order valence-electron chi connectivity index (χ1n) is 8.58. The largest absolute Gasteiger partial charge is 0.484 e. The molecule has 0 radical (unpaired) electrons. The molecule has 146 valence electrons. The van der Waals surface area contributed by atoms with Crippen molar-refractivity contribution in [1.29, 1.82) is 0 Å². The lowest BCUT2D eigenvalue weighted by Crippen LogP contribution is -2.24. The summed E-state index contributed by atoms with van der Waals surface area (Å²) in [6, 6.07) is 18.6. The zero-order chi connectivity index (χ0) is 20.1. The predicted octanol–water partition coefficient (Wildman–Crippen LogP) is 4.60. The van der Waals surface area contributed by atoms with Crippen LogP contribution in [0.2, 0.25) is 0 Å². The fourth-order valence-corrected chi connectivity index (χ4v) is 3.59. The molecular formula is C20H15BrN4O3S. The quantitative estimate of drug-likeness (QED) is 0.304. The van der Waals surface area contributed by atoms with E-state index < -0.39 is 0 Å². The summed E-state index contributed by atoms with van der Waals surface area (Å²) in [6.45, 7) is -0.140. The number of ether oxygens (including phenoxy) is 1. The van der Waals surface area contributed by atoms with Gasteiger partial charge >= 0.3 is 0 Å². The number of carbonyl (C=O) groups excluding carboxylic acids is 1. The van der Waals surface area contributed by atoms with Gasteiger partial charge in [-0.3, -0.25) is 4.79 Å². The Morgan fingerprint density at radius 2 is 2.14 bits per heavy atom. The molecule has 2 N–H and O–H groups in total. The summed E-state index contributed by atoms with van der Waals surface area (Å²) in [6.07, 6.45) is 1.43. The molecule has 0 saturated carbocycles. The zero-order valence-corrected chi connectivity index (χ0v) is 17.4. The SMILES string of the molecule is O=C(COc1cccc(Br)c1)N/N=C\c1ccc(Sc2nc3ccccc3[nH]2)o1. The first-order valence-corrected chi connectivity index (χ1v) is 10.2. The van der Waals surface area contributed by atoms with Gasteiger partial charge in [0, 0.05) is 4.47 Å². The molecule has 0 atom stereocenters. The second-order valence-corrected chi connectivity index (χ2v) is 7.77. The lowest BCUT2D eigenvalue weighted by atomic mass is 10.3. The molecule has 4 rings (SSSR count). The number of aromatic amines is 1. The summed E-state index contributed by atoms with van der Waals surface area (Å²) < 4.78 is 11.9. The van der Waals surface area contributed by atoms with E-state index in [1.165, 1.54) is 18.0 Å². The summed E-state index contributed by atoms with van der Waals surface area (Å²) in [5, 5.41) is 5.29. The van der Waals surface area contributed by atoms with Gasteiger partial charge in [0.1, 0.15) is 11.5 Å². The van der Waals surface area contributed by atoms with Crippen molar-refractivity contribution in [3.63, 3.8) is 0 Å². The fourth-order valence-electron chi connectivity index (χ4n) is 2.44. The highest BCUT2D eigenvalue weighted by Gasteiger charge is 2.08. The highest BCUT2D eigenvalue weighted by atomic mass is 79.9. The van der Waals surface area contributed by atoms with Crippen LogP contribution in [-0.2, 0) is 4.79 Å². The topological polar surface area (TPSA) is 92.5 Å². The van der Waals surface area contributed by atoms with Crippen molar-refractivity contribution >= 4 is 50.8 Å². The van der Waals surface area contributed by atoms with Crippen LogP contribution in [0.4, 0.5) is 0 Å². The van der Waals surface area contributed by atoms with Crippen LogP contribution >= 0.6 is 27.7 Å². The van der Waals surface area contributed by atoms with Gasteiger partial charge in [0.05, 0.1) is 17.2 Å². The third kappa shape index (κ3) is 5.27. The van der Waals surface area contributed by atoms with Gasteiger partial charge in [-0.25, -0.2) is 10.4 Å². The van der Waals surface area contributed by atoms with E-state index in [4.69, 9.17) is 9.15 Å². The molecule has 2 aromatic heterocycles. The van der Waals surface area contributed by atoms with Crippen molar-refractivity contribution in [2.45, 2.75) is 10.2 Å². The minimum absolute atomic E-state index is 0.140. The molecule has 2 heterocycles. The van der Waals surface area contributed by atoms with Crippen molar-refractivity contribution in [3.8, 4) is 5.75 Å². The number of aromatic nitrogens is 2. The van der Waals surface area contributed by atoms with E-state index in [1.807, 2.05) is 42.5 Å².